The highest BCUT2D eigenvalue weighted by molar-refractivity contribution is 5.95. The molecule has 6 heteroatoms. The Hall–Kier alpha value is -1.98. The quantitative estimate of drug-likeness (QED) is 0.922. The molecule has 0 saturated carbocycles. The number of benzene rings is 1. The maximum absolute atomic E-state index is 13.4. The van der Waals surface area contributed by atoms with Crippen molar-refractivity contribution in [1.29, 1.82) is 0 Å². The van der Waals surface area contributed by atoms with Gasteiger partial charge in [0.1, 0.15) is 5.75 Å². The first-order chi connectivity index (χ1) is 9.85. The fraction of sp³-hybridized carbons (Fsp3) is 0.400. The molecule has 0 amide bonds. The van der Waals surface area contributed by atoms with E-state index in [1.54, 1.807) is 19.1 Å². The van der Waals surface area contributed by atoms with Gasteiger partial charge in [0.2, 0.25) is 0 Å². The molecule has 1 N–H and O–H groups in total. The van der Waals surface area contributed by atoms with Crippen molar-refractivity contribution >= 4 is 12.0 Å². The Morgan fingerprint density at radius 2 is 2.00 bits per heavy atom. The third kappa shape index (κ3) is 3.56. The van der Waals surface area contributed by atoms with Gasteiger partial charge in [-0.1, -0.05) is 25.5 Å². The minimum atomic E-state index is -3.88. The Morgan fingerprint density at radius 1 is 1.38 bits per heavy atom. The van der Waals surface area contributed by atoms with E-state index >= 15 is 0 Å². The summed E-state index contributed by atoms with van der Waals surface area (Å²) in [4.78, 5) is 11.0. The van der Waals surface area contributed by atoms with Gasteiger partial charge in [-0.25, -0.2) is 9.18 Å². The van der Waals surface area contributed by atoms with Crippen molar-refractivity contribution in [3.05, 3.63) is 34.9 Å². The van der Waals surface area contributed by atoms with E-state index in [4.69, 9.17) is 9.84 Å². The average molecular weight is 302 g/mol. The van der Waals surface area contributed by atoms with Gasteiger partial charge in [0.25, 0.3) is 0 Å². The number of carbonyl (C=O) groups is 1. The Kier molecular flexibility index (Phi) is 5.41. The lowest BCUT2D eigenvalue weighted by Crippen LogP contribution is -2.44. The highest BCUT2D eigenvalue weighted by Gasteiger charge is 2.48. The number of carboxylic acids is 1. The van der Waals surface area contributed by atoms with Crippen molar-refractivity contribution in [2.75, 3.05) is 6.67 Å². The first-order valence-corrected chi connectivity index (χ1v) is 6.51. The molecule has 1 aliphatic heterocycles. The van der Waals surface area contributed by atoms with Crippen molar-refractivity contribution in [2.24, 2.45) is 0 Å². The van der Waals surface area contributed by atoms with Gasteiger partial charge >= 0.3 is 11.9 Å². The topological polar surface area (TPSA) is 46.5 Å². The van der Waals surface area contributed by atoms with Crippen molar-refractivity contribution in [3.8, 4) is 5.75 Å². The van der Waals surface area contributed by atoms with Gasteiger partial charge in [-0.05, 0) is 25.1 Å². The van der Waals surface area contributed by atoms with Gasteiger partial charge in [-0.2, -0.15) is 8.78 Å². The first-order valence-electron chi connectivity index (χ1n) is 6.51. The van der Waals surface area contributed by atoms with Crippen LogP contribution in [0.5, 0.6) is 5.75 Å². The van der Waals surface area contributed by atoms with E-state index < -0.39 is 30.2 Å². The molecule has 1 aliphatic rings. The number of ether oxygens (including phenoxy) is 1. The van der Waals surface area contributed by atoms with E-state index in [9.17, 15) is 18.0 Å². The molecule has 21 heavy (non-hydrogen) atoms. The maximum atomic E-state index is 13.4. The summed E-state index contributed by atoms with van der Waals surface area (Å²) in [6.45, 7) is 3.79. The second kappa shape index (κ2) is 6.65. The van der Waals surface area contributed by atoms with Crippen molar-refractivity contribution in [3.63, 3.8) is 0 Å². The molecular weight excluding hydrogens is 285 g/mol. The number of halogens is 3. The molecule has 0 bridgehead atoms. The van der Waals surface area contributed by atoms with Crippen LogP contribution in [0.2, 0.25) is 0 Å². The molecule has 0 spiro atoms. The Bertz CT molecular complexity index is 553. The van der Waals surface area contributed by atoms with Crippen LogP contribution in [0.25, 0.3) is 6.08 Å². The minimum Gasteiger partial charge on any atom is -0.478 e. The van der Waals surface area contributed by atoms with Crippen LogP contribution in [0.15, 0.2) is 23.8 Å². The minimum absolute atomic E-state index is 0.119. The molecule has 1 unspecified atom stereocenters. The Balaban J connectivity index is 0.00000106. The number of hydrogen-bond acceptors (Lipinski definition) is 2. The molecule has 0 fully saturated rings. The SMILES string of the molecule is CC.Cc1ccc2c(c1)C=C(C(=O)O)C(C(F)(F)CF)O2. The number of aliphatic carboxylic acids is 1. The highest BCUT2D eigenvalue weighted by atomic mass is 19.3. The Labute approximate surface area is 121 Å². The highest BCUT2D eigenvalue weighted by Crippen LogP contribution is 2.37. The summed E-state index contributed by atoms with van der Waals surface area (Å²) in [6, 6.07) is 4.71. The summed E-state index contributed by atoms with van der Waals surface area (Å²) in [5.41, 5.74) is 0.572. The van der Waals surface area contributed by atoms with Gasteiger partial charge in [0, 0.05) is 5.56 Å². The van der Waals surface area contributed by atoms with Gasteiger partial charge in [-0.15, -0.1) is 0 Å². The zero-order chi connectivity index (χ0) is 16.2. The van der Waals surface area contributed by atoms with Gasteiger partial charge in [0.05, 0.1) is 5.57 Å². The number of rotatable bonds is 3. The van der Waals surface area contributed by atoms with Crippen LogP contribution in [0.4, 0.5) is 13.2 Å². The molecule has 116 valence electrons. The van der Waals surface area contributed by atoms with E-state index in [-0.39, 0.29) is 5.75 Å². The zero-order valence-electron chi connectivity index (χ0n) is 12.0. The summed E-state index contributed by atoms with van der Waals surface area (Å²) in [7, 11) is 0. The molecule has 0 saturated heterocycles. The van der Waals surface area contributed by atoms with E-state index in [0.717, 1.165) is 11.6 Å². The molecule has 1 heterocycles. The third-order valence-electron chi connectivity index (χ3n) is 2.81. The molecule has 3 nitrogen and oxygen atoms in total. The normalized spacial score (nSPS) is 16.9. The lowest BCUT2D eigenvalue weighted by molar-refractivity contribution is -0.139. The standard InChI is InChI=1S/C13H11F3O3.C2H6/c1-7-2-3-10-8(4-7)5-9(12(17)18)11(19-10)13(15,16)6-14;1-2/h2-5,11H,6H2,1H3,(H,17,18);1-2H3. The number of carboxylic acid groups (broad SMARTS) is 1. The molecule has 0 aromatic heterocycles. The van der Waals surface area contributed by atoms with E-state index in [1.807, 2.05) is 13.8 Å². The number of fused-ring (bicyclic) bond motifs is 1. The van der Waals surface area contributed by atoms with E-state index in [1.165, 1.54) is 6.07 Å². The smallest absolute Gasteiger partial charge is 0.335 e. The molecule has 1 atom stereocenters. The van der Waals surface area contributed by atoms with Crippen molar-refractivity contribution in [2.45, 2.75) is 32.8 Å². The van der Waals surface area contributed by atoms with Gasteiger partial charge < -0.3 is 9.84 Å². The maximum Gasteiger partial charge on any atom is 0.335 e. The lowest BCUT2D eigenvalue weighted by Gasteiger charge is -2.30. The molecule has 0 radical (unpaired) electrons. The average Bonchev–Trinajstić information content (AvgIpc) is 2.47. The largest absolute Gasteiger partial charge is 0.478 e. The van der Waals surface area contributed by atoms with Gasteiger partial charge in [-0.3, -0.25) is 0 Å². The van der Waals surface area contributed by atoms with Crippen LogP contribution in [-0.2, 0) is 4.79 Å². The van der Waals surface area contributed by atoms with Crippen LogP contribution < -0.4 is 4.74 Å². The number of aryl methyl sites for hydroxylation is 1. The second-order valence-corrected chi connectivity index (χ2v) is 4.34. The van der Waals surface area contributed by atoms with Gasteiger partial charge in [0.15, 0.2) is 12.8 Å². The third-order valence-corrected chi connectivity index (χ3v) is 2.81. The molecule has 2 rings (SSSR count). The lowest BCUT2D eigenvalue weighted by atomic mass is 9.97. The predicted octanol–water partition coefficient (Wildman–Crippen LogP) is 3.86. The zero-order valence-corrected chi connectivity index (χ0v) is 12.0. The summed E-state index contributed by atoms with van der Waals surface area (Å²) in [5.74, 6) is -5.31. The fourth-order valence-corrected chi connectivity index (χ4v) is 1.88. The fourth-order valence-electron chi connectivity index (χ4n) is 1.88. The number of hydrogen-bond donors (Lipinski definition) is 1. The Morgan fingerprint density at radius 3 is 2.52 bits per heavy atom. The van der Waals surface area contributed by atoms with E-state index in [0.29, 0.717) is 5.56 Å². The predicted molar refractivity (Wildman–Crippen MR) is 73.5 cm³/mol. The van der Waals surface area contributed by atoms with Crippen LogP contribution in [-0.4, -0.2) is 29.8 Å². The van der Waals surface area contributed by atoms with Crippen LogP contribution >= 0.6 is 0 Å². The number of alkyl halides is 3. The monoisotopic (exact) mass is 302 g/mol. The van der Waals surface area contributed by atoms with Crippen LogP contribution in [0.3, 0.4) is 0 Å². The van der Waals surface area contributed by atoms with E-state index in [2.05, 4.69) is 0 Å². The summed E-state index contributed by atoms with van der Waals surface area (Å²) in [6.07, 6.45) is -1.02. The molecular formula is C15H17F3O3. The van der Waals surface area contributed by atoms with Crippen molar-refractivity contribution in [1.82, 2.24) is 0 Å². The molecule has 1 aromatic carbocycles. The molecule has 0 aliphatic carbocycles. The second-order valence-electron chi connectivity index (χ2n) is 4.34. The summed E-state index contributed by atoms with van der Waals surface area (Å²) >= 11 is 0. The van der Waals surface area contributed by atoms with Crippen LogP contribution in [0.1, 0.15) is 25.0 Å². The first kappa shape index (κ1) is 17.1. The van der Waals surface area contributed by atoms with Crippen LogP contribution in [0, 0.1) is 6.92 Å². The van der Waals surface area contributed by atoms with Crippen molar-refractivity contribution < 1.29 is 27.8 Å². The summed E-state index contributed by atoms with van der Waals surface area (Å²) < 4.78 is 44.2. The summed E-state index contributed by atoms with van der Waals surface area (Å²) in [5, 5.41) is 8.96. The molecule has 1 aromatic rings.